The van der Waals surface area contributed by atoms with Crippen LogP contribution in [-0.2, 0) is 25.7 Å². The maximum Gasteiger partial charge on any atom is 0.267 e. The van der Waals surface area contributed by atoms with Crippen LogP contribution in [0.5, 0.6) is 46.0 Å². The van der Waals surface area contributed by atoms with E-state index in [4.69, 9.17) is 40.0 Å². The molecule has 0 radical (unpaired) electrons. The number of carbonyl (C=O) groups excluding carboxylic acids is 1. The van der Waals surface area contributed by atoms with Crippen molar-refractivity contribution in [3.8, 4) is 46.0 Å². The average molecular weight is 917 g/mol. The molecule has 0 aliphatic carbocycles. The number of amides is 1. The Hall–Kier alpha value is -5.99. The lowest BCUT2D eigenvalue weighted by Gasteiger charge is -2.37. The van der Waals surface area contributed by atoms with Crippen LogP contribution in [0.25, 0.3) is 0 Å². The first-order valence-electron chi connectivity index (χ1n) is 22.0. The van der Waals surface area contributed by atoms with E-state index in [1.165, 1.54) is 28.0 Å². The molecule has 0 saturated carbocycles. The number of thiazole rings is 1. The van der Waals surface area contributed by atoms with Gasteiger partial charge in [0, 0.05) is 37.3 Å². The van der Waals surface area contributed by atoms with Crippen LogP contribution in [0.1, 0.15) is 67.1 Å². The highest BCUT2D eigenvalue weighted by Crippen LogP contribution is 2.52. The second-order valence-corrected chi connectivity index (χ2v) is 18.2. The number of aryl methyl sites for hydroxylation is 1. The molecule has 338 valence electrons. The van der Waals surface area contributed by atoms with Crippen molar-refractivity contribution in [3.05, 3.63) is 134 Å². The first-order valence-corrected chi connectivity index (χ1v) is 23.2. The summed E-state index contributed by atoms with van der Waals surface area (Å²) in [7, 11) is 9.38. The number of para-hydroxylation sites is 1. The summed E-state index contributed by atoms with van der Waals surface area (Å²) in [5.41, 5.74) is 8.43. The molecule has 0 spiro atoms. The molecule has 1 amide bonds. The molecule has 4 aliphatic rings. The van der Waals surface area contributed by atoms with E-state index in [2.05, 4.69) is 82.0 Å². The van der Waals surface area contributed by atoms with Crippen LogP contribution in [0.15, 0.2) is 85.1 Å². The van der Waals surface area contributed by atoms with E-state index in [1.54, 1.807) is 33.6 Å². The number of halogens is 1. The summed E-state index contributed by atoms with van der Waals surface area (Å²) >= 11 is 7.63. The normalized spacial score (nSPS) is 16.8. The maximum atomic E-state index is 13.0. The number of nitrogens with zero attached hydrogens (tertiary/aromatic N) is 3. The third kappa shape index (κ3) is 9.28. The molecule has 5 heterocycles. The van der Waals surface area contributed by atoms with Crippen LogP contribution < -0.4 is 39.1 Å². The Kier molecular flexibility index (Phi) is 13.1. The summed E-state index contributed by atoms with van der Waals surface area (Å²) in [5, 5.41) is 7.39. The van der Waals surface area contributed by atoms with E-state index in [-0.39, 0.29) is 18.0 Å². The molecule has 6 bridgehead atoms. The Balaban J connectivity index is 0.997. The minimum Gasteiger partial charge on any atom is -0.493 e. The van der Waals surface area contributed by atoms with E-state index in [0.29, 0.717) is 87.0 Å². The molecular weight excluding hydrogens is 862 g/mol. The van der Waals surface area contributed by atoms with E-state index >= 15 is 0 Å². The molecule has 0 unspecified atom stereocenters. The summed E-state index contributed by atoms with van der Waals surface area (Å²) < 4.78 is 38.4. The van der Waals surface area contributed by atoms with Gasteiger partial charge in [-0.25, -0.2) is 4.98 Å². The number of aromatic nitrogens is 1. The van der Waals surface area contributed by atoms with Crippen molar-refractivity contribution in [1.29, 1.82) is 0 Å². The summed E-state index contributed by atoms with van der Waals surface area (Å²) in [5.74, 6) is 4.86. The fourth-order valence-electron chi connectivity index (χ4n) is 9.10. The standard InChI is InChI=1S/C51H54ClN5O7S/c1-30-9-7-10-37(52)47(30)55-50(58)45-29-54-51(65-45)53-19-8-22-62-40-16-13-32-24-39-46-34(18-21-57(39)3)27-44(60-5)48(61-6)49(46)64-43-28-36-33(26-41(43)59-4)17-20-56(2)38(36)23-31-11-14-35(15-12-31)63-42(40)25-32/h7,9-16,25-29,38-39H,8,17-24H2,1-6H3,(H,53,54)(H,55,58)/t38-,39+/m0/s1. The SMILES string of the molecule is COc1cc2c3cc1Oc1c(OC)c(OC)cc4c1[C@@H](Cc1ccc(OCCCNc5ncc(C(=O)Nc6c(C)cccc6Cl)s5)c(c1)Oc1ccc(cc1)C[C@@H]3N(C)CC2)N(C)CC4. The smallest absolute Gasteiger partial charge is 0.267 e. The molecule has 0 saturated heterocycles. The number of likely N-dealkylation sites (N-methyl/N-ethyl adjacent to an activating group) is 2. The molecule has 1 aromatic heterocycles. The number of benzene rings is 5. The van der Waals surface area contributed by atoms with Crippen LogP contribution in [0.2, 0.25) is 5.02 Å². The monoisotopic (exact) mass is 915 g/mol. The number of hydrogen-bond acceptors (Lipinski definition) is 12. The van der Waals surface area contributed by atoms with Gasteiger partial charge in [0.25, 0.3) is 5.91 Å². The number of anilines is 2. The van der Waals surface area contributed by atoms with Gasteiger partial charge in [-0.1, -0.05) is 53.3 Å². The van der Waals surface area contributed by atoms with Crippen molar-refractivity contribution in [2.75, 3.05) is 72.3 Å². The third-order valence-electron chi connectivity index (χ3n) is 12.7. The number of nitrogens with one attached hydrogen (secondary N) is 2. The highest BCUT2D eigenvalue weighted by Gasteiger charge is 2.35. The second-order valence-electron chi connectivity index (χ2n) is 16.8. The van der Waals surface area contributed by atoms with Crippen LogP contribution in [-0.4, -0.2) is 82.4 Å². The van der Waals surface area contributed by atoms with Gasteiger partial charge in [0.15, 0.2) is 39.6 Å². The molecule has 5 aromatic carbocycles. The van der Waals surface area contributed by atoms with Gasteiger partial charge in [0.1, 0.15) is 10.6 Å². The van der Waals surface area contributed by atoms with Crippen molar-refractivity contribution in [2.45, 2.75) is 51.1 Å². The molecule has 14 heteroatoms. The Morgan fingerprint density at radius 2 is 1.55 bits per heavy atom. The van der Waals surface area contributed by atoms with Gasteiger partial charge in [-0.15, -0.1) is 0 Å². The largest absolute Gasteiger partial charge is 0.493 e. The van der Waals surface area contributed by atoms with Crippen molar-refractivity contribution in [2.24, 2.45) is 0 Å². The number of ether oxygens (including phenoxy) is 6. The highest BCUT2D eigenvalue weighted by atomic mass is 35.5. The van der Waals surface area contributed by atoms with Crippen molar-refractivity contribution < 1.29 is 33.2 Å². The second kappa shape index (κ2) is 19.2. The van der Waals surface area contributed by atoms with E-state index in [0.717, 1.165) is 60.4 Å². The fourth-order valence-corrected chi connectivity index (χ4v) is 10.1. The Morgan fingerprint density at radius 3 is 2.32 bits per heavy atom. The highest BCUT2D eigenvalue weighted by molar-refractivity contribution is 7.17. The lowest BCUT2D eigenvalue weighted by atomic mass is 9.87. The van der Waals surface area contributed by atoms with Gasteiger partial charge in [-0.3, -0.25) is 14.6 Å². The molecule has 6 aromatic rings. The van der Waals surface area contributed by atoms with Gasteiger partial charge in [0.05, 0.1) is 44.8 Å². The van der Waals surface area contributed by atoms with Gasteiger partial charge in [-0.05, 0) is 135 Å². The predicted molar refractivity (Wildman–Crippen MR) is 256 cm³/mol. The lowest BCUT2D eigenvalue weighted by molar-refractivity contribution is 0.103. The van der Waals surface area contributed by atoms with Crippen LogP contribution >= 0.6 is 22.9 Å². The molecule has 10 rings (SSSR count). The third-order valence-corrected chi connectivity index (χ3v) is 13.9. The number of hydrogen-bond donors (Lipinski definition) is 2. The fraction of sp³-hybridized carbons (Fsp3) is 0.333. The van der Waals surface area contributed by atoms with E-state index < -0.39 is 0 Å². The van der Waals surface area contributed by atoms with Crippen LogP contribution in [0, 0.1) is 6.92 Å². The number of methoxy groups -OCH3 is 3. The van der Waals surface area contributed by atoms with Crippen molar-refractivity contribution in [3.63, 3.8) is 0 Å². The predicted octanol–water partition coefficient (Wildman–Crippen LogP) is 10.7. The molecule has 65 heavy (non-hydrogen) atoms. The molecular formula is C51H54ClN5O7S. The average Bonchev–Trinajstić information content (AvgIpc) is 3.79. The molecule has 2 atom stereocenters. The summed E-state index contributed by atoms with van der Waals surface area (Å²) in [6.07, 6.45) is 5.44. The summed E-state index contributed by atoms with van der Waals surface area (Å²) in [4.78, 5) is 22.7. The van der Waals surface area contributed by atoms with E-state index in [9.17, 15) is 4.79 Å². The van der Waals surface area contributed by atoms with Crippen molar-refractivity contribution in [1.82, 2.24) is 14.8 Å². The van der Waals surface area contributed by atoms with Gasteiger partial charge in [-0.2, -0.15) is 0 Å². The Bertz CT molecular complexity index is 2690. The molecule has 0 fully saturated rings. The quantitative estimate of drug-likeness (QED) is 0.121. The first kappa shape index (κ1) is 44.2. The van der Waals surface area contributed by atoms with Crippen LogP contribution in [0.3, 0.4) is 0 Å². The summed E-state index contributed by atoms with van der Waals surface area (Å²) in [6.45, 7) is 4.70. The van der Waals surface area contributed by atoms with Crippen molar-refractivity contribution >= 4 is 39.7 Å². The zero-order chi connectivity index (χ0) is 45.2. The first-order chi connectivity index (χ1) is 31.6. The van der Waals surface area contributed by atoms with Gasteiger partial charge >= 0.3 is 0 Å². The number of carbonyl (C=O) groups is 1. The molecule has 4 aliphatic heterocycles. The number of rotatable bonds is 11. The zero-order valence-electron chi connectivity index (χ0n) is 37.6. The topological polar surface area (TPSA) is 116 Å². The van der Waals surface area contributed by atoms with Gasteiger partial charge in [0.2, 0.25) is 5.75 Å². The summed E-state index contributed by atoms with van der Waals surface area (Å²) in [6, 6.07) is 26.6. The molecule has 12 nitrogen and oxygen atoms in total. The Morgan fingerprint density at radius 1 is 0.831 bits per heavy atom. The van der Waals surface area contributed by atoms with Crippen LogP contribution in [0.4, 0.5) is 10.8 Å². The minimum atomic E-state index is -0.256. The Labute approximate surface area is 389 Å². The molecule has 2 N–H and O–H groups in total. The van der Waals surface area contributed by atoms with E-state index in [1.807, 2.05) is 37.3 Å². The maximum absolute atomic E-state index is 13.0. The van der Waals surface area contributed by atoms with Gasteiger partial charge < -0.3 is 39.1 Å². The number of fused-ring (bicyclic) bond motifs is 2. The minimum absolute atomic E-state index is 0.0716. The zero-order valence-corrected chi connectivity index (χ0v) is 39.2. The lowest BCUT2D eigenvalue weighted by Crippen LogP contribution is -2.34.